The van der Waals surface area contributed by atoms with E-state index in [1.54, 1.807) is 6.07 Å². The molecule has 100 valence electrons. The van der Waals surface area contributed by atoms with E-state index in [0.717, 1.165) is 19.6 Å². The molecule has 18 heavy (non-hydrogen) atoms. The number of ether oxygens (including phenoxy) is 1. The Morgan fingerprint density at radius 1 is 1.61 bits per heavy atom. The zero-order valence-corrected chi connectivity index (χ0v) is 10.3. The van der Waals surface area contributed by atoms with E-state index in [0.29, 0.717) is 18.9 Å². The molecule has 1 saturated heterocycles. The van der Waals surface area contributed by atoms with Gasteiger partial charge in [-0.15, -0.1) is 0 Å². The van der Waals surface area contributed by atoms with Crippen molar-refractivity contribution in [2.24, 2.45) is 0 Å². The molecule has 1 aromatic heterocycles. The summed E-state index contributed by atoms with van der Waals surface area (Å²) in [6.07, 6.45) is 0.161. The lowest BCUT2D eigenvalue weighted by atomic mass is 10.2. The normalized spacial score (nSPS) is 21.1. The molecule has 1 atom stereocenters. The van der Waals surface area contributed by atoms with Gasteiger partial charge in [-0.25, -0.2) is 0 Å². The zero-order chi connectivity index (χ0) is 13.0. The van der Waals surface area contributed by atoms with E-state index in [-0.39, 0.29) is 12.0 Å². The average molecular weight is 255 g/mol. The van der Waals surface area contributed by atoms with Gasteiger partial charge in [0.05, 0.1) is 25.3 Å². The molecule has 0 saturated carbocycles. The van der Waals surface area contributed by atoms with Crippen molar-refractivity contribution in [3.8, 4) is 0 Å². The number of nitrogens with zero attached hydrogens (tertiary/aromatic N) is 2. The molecule has 1 aliphatic rings. The van der Waals surface area contributed by atoms with Gasteiger partial charge in [-0.2, -0.15) is 0 Å². The molecule has 0 bridgehead atoms. The Balaban J connectivity index is 1.89. The Morgan fingerprint density at radius 3 is 3.11 bits per heavy atom. The molecule has 7 heteroatoms. The van der Waals surface area contributed by atoms with Crippen LogP contribution in [0.3, 0.4) is 0 Å². The fourth-order valence-corrected chi connectivity index (χ4v) is 2.05. The van der Waals surface area contributed by atoms with E-state index in [1.165, 1.54) is 6.07 Å². The van der Waals surface area contributed by atoms with Gasteiger partial charge in [0.25, 0.3) is 0 Å². The van der Waals surface area contributed by atoms with Crippen molar-refractivity contribution in [3.05, 3.63) is 28.0 Å². The van der Waals surface area contributed by atoms with Crippen molar-refractivity contribution in [3.63, 3.8) is 0 Å². The van der Waals surface area contributed by atoms with Crippen LogP contribution in [0.2, 0.25) is 0 Å². The maximum absolute atomic E-state index is 10.5. The Hall–Kier alpha value is -1.44. The number of rotatable bonds is 5. The first-order chi connectivity index (χ1) is 8.69. The first kappa shape index (κ1) is 13.0. The van der Waals surface area contributed by atoms with Crippen LogP contribution in [0.5, 0.6) is 0 Å². The summed E-state index contributed by atoms with van der Waals surface area (Å²) in [5, 5.41) is 13.6. The van der Waals surface area contributed by atoms with Crippen molar-refractivity contribution in [1.29, 1.82) is 0 Å². The largest absolute Gasteiger partial charge is 0.433 e. The van der Waals surface area contributed by atoms with E-state index >= 15 is 0 Å². The van der Waals surface area contributed by atoms with E-state index in [9.17, 15) is 10.1 Å². The van der Waals surface area contributed by atoms with Crippen LogP contribution in [0.1, 0.15) is 5.76 Å². The highest BCUT2D eigenvalue weighted by Gasteiger charge is 2.21. The van der Waals surface area contributed by atoms with E-state index < -0.39 is 4.92 Å². The molecular formula is C11H17N3O4. The van der Waals surface area contributed by atoms with Crippen molar-refractivity contribution < 1.29 is 14.1 Å². The first-order valence-corrected chi connectivity index (χ1v) is 5.90. The average Bonchev–Trinajstić information content (AvgIpc) is 2.78. The number of furan rings is 1. The highest BCUT2D eigenvalue weighted by molar-refractivity contribution is 5.17. The third kappa shape index (κ3) is 3.28. The molecule has 0 amide bonds. The summed E-state index contributed by atoms with van der Waals surface area (Å²) in [4.78, 5) is 12.2. The van der Waals surface area contributed by atoms with E-state index in [2.05, 4.69) is 10.2 Å². The smallest absolute Gasteiger partial charge is 0.404 e. The third-order valence-electron chi connectivity index (χ3n) is 2.86. The van der Waals surface area contributed by atoms with Gasteiger partial charge in [-0.1, -0.05) is 0 Å². The molecule has 0 aliphatic carbocycles. The summed E-state index contributed by atoms with van der Waals surface area (Å²) in [6, 6.07) is 3.04. The highest BCUT2D eigenvalue weighted by atomic mass is 16.6. The lowest BCUT2D eigenvalue weighted by Gasteiger charge is -2.32. The molecule has 1 aromatic rings. The SMILES string of the molecule is CNCC1CN(Cc2ccc([N+](=O)[O-])o2)CCO1. The minimum absolute atomic E-state index is 0.161. The van der Waals surface area contributed by atoms with Gasteiger partial charge in [-0.3, -0.25) is 15.0 Å². The zero-order valence-electron chi connectivity index (χ0n) is 10.3. The van der Waals surface area contributed by atoms with Crippen molar-refractivity contribution in [2.45, 2.75) is 12.6 Å². The van der Waals surface area contributed by atoms with Crippen LogP contribution < -0.4 is 5.32 Å². The van der Waals surface area contributed by atoms with Crippen LogP contribution >= 0.6 is 0 Å². The van der Waals surface area contributed by atoms with Gasteiger partial charge in [-0.05, 0) is 13.1 Å². The molecule has 1 fully saturated rings. The number of nitrogens with one attached hydrogen (secondary N) is 1. The van der Waals surface area contributed by atoms with Crippen LogP contribution in [-0.4, -0.2) is 49.2 Å². The number of nitro groups is 1. The summed E-state index contributed by atoms with van der Waals surface area (Å²) < 4.78 is 10.7. The molecule has 2 rings (SSSR count). The van der Waals surface area contributed by atoms with Crippen molar-refractivity contribution >= 4 is 5.88 Å². The van der Waals surface area contributed by atoms with Gasteiger partial charge < -0.3 is 14.5 Å². The van der Waals surface area contributed by atoms with Gasteiger partial charge >= 0.3 is 5.88 Å². The number of hydrogen-bond donors (Lipinski definition) is 1. The minimum atomic E-state index is -0.521. The summed E-state index contributed by atoms with van der Waals surface area (Å²) in [5.74, 6) is 0.414. The van der Waals surface area contributed by atoms with Crippen LogP contribution in [-0.2, 0) is 11.3 Å². The summed E-state index contributed by atoms with van der Waals surface area (Å²) in [6.45, 7) is 3.67. The second-order valence-electron chi connectivity index (χ2n) is 4.28. The number of morpholine rings is 1. The van der Waals surface area contributed by atoms with E-state index in [4.69, 9.17) is 9.15 Å². The van der Waals surface area contributed by atoms with Gasteiger partial charge in [0.1, 0.15) is 10.7 Å². The molecule has 2 heterocycles. The van der Waals surface area contributed by atoms with E-state index in [1.807, 2.05) is 7.05 Å². The minimum Gasteiger partial charge on any atom is -0.404 e. The molecule has 0 aromatic carbocycles. The molecule has 0 radical (unpaired) electrons. The van der Waals surface area contributed by atoms with Gasteiger partial charge in [0.2, 0.25) is 0 Å². The second-order valence-corrected chi connectivity index (χ2v) is 4.28. The third-order valence-corrected chi connectivity index (χ3v) is 2.86. The fourth-order valence-electron chi connectivity index (χ4n) is 2.05. The Morgan fingerprint density at radius 2 is 2.44 bits per heavy atom. The molecule has 1 N–H and O–H groups in total. The fraction of sp³-hybridized carbons (Fsp3) is 0.636. The maximum atomic E-state index is 10.5. The van der Waals surface area contributed by atoms with Gasteiger partial charge in [0, 0.05) is 19.6 Å². The molecular weight excluding hydrogens is 238 g/mol. The topological polar surface area (TPSA) is 80.8 Å². The lowest BCUT2D eigenvalue weighted by molar-refractivity contribution is -0.402. The highest BCUT2D eigenvalue weighted by Crippen LogP contribution is 2.18. The van der Waals surface area contributed by atoms with Crippen molar-refractivity contribution in [2.75, 3.05) is 33.3 Å². The summed E-state index contributed by atoms with van der Waals surface area (Å²) >= 11 is 0. The Kier molecular flexibility index (Phi) is 4.29. The molecule has 1 unspecified atom stereocenters. The van der Waals surface area contributed by atoms with Crippen LogP contribution in [0.4, 0.5) is 5.88 Å². The predicted molar refractivity (Wildman–Crippen MR) is 64.3 cm³/mol. The molecule has 7 nitrogen and oxygen atoms in total. The Labute approximate surface area is 105 Å². The Bertz CT molecular complexity index is 405. The lowest BCUT2D eigenvalue weighted by Crippen LogP contribution is -2.45. The van der Waals surface area contributed by atoms with Gasteiger partial charge in [0.15, 0.2) is 0 Å². The first-order valence-electron chi connectivity index (χ1n) is 5.90. The molecule has 0 spiro atoms. The van der Waals surface area contributed by atoms with Crippen LogP contribution in [0, 0.1) is 10.1 Å². The molecule has 1 aliphatic heterocycles. The predicted octanol–water partition coefficient (Wildman–Crippen LogP) is 0.608. The quantitative estimate of drug-likeness (QED) is 0.613. The number of likely N-dealkylation sites (N-methyl/N-ethyl adjacent to an activating group) is 1. The maximum Gasteiger partial charge on any atom is 0.433 e. The summed E-state index contributed by atoms with van der Waals surface area (Å²) in [5.41, 5.74) is 0. The standard InChI is InChI=1S/C11H17N3O4/c1-12-6-10-8-13(4-5-17-10)7-9-2-3-11(18-9)14(15)16/h2-3,10,12H,4-8H2,1H3. The number of hydrogen-bond acceptors (Lipinski definition) is 6. The second kappa shape index (κ2) is 5.94. The monoisotopic (exact) mass is 255 g/mol. The summed E-state index contributed by atoms with van der Waals surface area (Å²) in [7, 11) is 1.89. The van der Waals surface area contributed by atoms with Crippen molar-refractivity contribution in [1.82, 2.24) is 10.2 Å². The van der Waals surface area contributed by atoms with Crippen LogP contribution in [0.25, 0.3) is 0 Å². The van der Waals surface area contributed by atoms with Crippen LogP contribution in [0.15, 0.2) is 16.5 Å².